The molecule has 0 radical (unpaired) electrons. The van der Waals surface area contributed by atoms with Crippen molar-refractivity contribution in [1.82, 2.24) is 9.71 Å². The van der Waals surface area contributed by atoms with Gasteiger partial charge < -0.3 is 10.1 Å². The second-order valence-electron chi connectivity index (χ2n) is 5.25. The maximum Gasteiger partial charge on any atom is 0.303 e. The number of hydrogen-bond donors (Lipinski definition) is 3. The largest absolute Gasteiger partial charge is 0.481 e. The first-order valence-corrected chi connectivity index (χ1v) is 7.55. The summed E-state index contributed by atoms with van der Waals surface area (Å²) in [6.07, 6.45) is 4.17. The first-order chi connectivity index (χ1) is 8.73. The minimum absolute atomic E-state index is 0.0948. The molecule has 7 heteroatoms. The summed E-state index contributed by atoms with van der Waals surface area (Å²) >= 11 is 0. The summed E-state index contributed by atoms with van der Waals surface area (Å²) in [5.41, 5.74) is -0.209. The molecule has 0 aliphatic carbocycles. The third kappa shape index (κ3) is 5.44. The van der Waals surface area contributed by atoms with Crippen LogP contribution >= 0.6 is 0 Å². The number of aromatic nitrogens is 1. The van der Waals surface area contributed by atoms with Crippen molar-refractivity contribution in [3.63, 3.8) is 0 Å². The molecule has 0 spiro atoms. The molecule has 0 atom stereocenters. The Balaban J connectivity index is 2.43. The normalized spacial score (nSPS) is 12.5. The summed E-state index contributed by atoms with van der Waals surface area (Å²) < 4.78 is 26.1. The number of hydrogen-bond acceptors (Lipinski definition) is 3. The molecule has 1 rings (SSSR count). The predicted octanol–water partition coefficient (Wildman–Crippen LogP) is 1.57. The standard InChI is InChI=1S/C12H20N2O4S/c1-12(2,5-3-11(15)16)6-8-14-19(17,18)10-4-7-13-9-10/h4,7,9,13-14H,3,5-6,8H2,1-2H3,(H,15,16). The van der Waals surface area contributed by atoms with E-state index in [4.69, 9.17) is 5.11 Å². The number of carbonyl (C=O) groups is 1. The first kappa shape index (κ1) is 15.7. The van der Waals surface area contributed by atoms with Gasteiger partial charge in [0.2, 0.25) is 10.0 Å². The van der Waals surface area contributed by atoms with Crippen LogP contribution in [0.2, 0.25) is 0 Å². The highest BCUT2D eigenvalue weighted by Gasteiger charge is 2.21. The number of H-pyrrole nitrogens is 1. The second kappa shape index (κ2) is 6.21. The maximum absolute atomic E-state index is 11.8. The van der Waals surface area contributed by atoms with E-state index < -0.39 is 16.0 Å². The van der Waals surface area contributed by atoms with Crippen molar-refractivity contribution < 1.29 is 18.3 Å². The van der Waals surface area contributed by atoms with Crippen LogP contribution in [0.1, 0.15) is 33.1 Å². The molecule has 0 aliphatic rings. The quantitative estimate of drug-likeness (QED) is 0.676. The molecule has 0 fully saturated rings. The van der Waals surface area contributed by atoms with Crippen molar-refractivity contribution in [3.05, 3.63) is 18.5 Å². The minimum atomic E-state index is -3.47. The topological polar surface area (TPSA) is 99.3 Å². The molecule has 1 aromatic heterocycles. The molecular weight excluding hydrogens is 268 g/mol. The van der Waals surface area contributed by atoms with Gasteiger partial charge in [-0.05, 0) is 24.3 Å². The van der Waals surface area contributed by atoms with Crippen molar-refractivity contribution in [1.29, 1.82) is 0 Å². The highest BCUT2D eigenvalue weighted by molar-refractivity contribution is 7.89. The van der Waals surface area contributed by atoms with Crippen LogP contribution < -0.4 is 4.72 Å². The lowest BCUT2D eigenvalue weighted by atomic mass is 9.84. The van der Waals surface area contributed by atoms with Gasteiger partial charge in [-0.2, -0.15) is 0 Å². The Morgan fingerprint density at radius 3 is 2.63 bits per heavy atom. The number of carboxylic acid groups (broad SMARTS) is 1. The number of carboxylic acids is 1. The lowest BCUT2D eigenvalue weighted by molar-refractivity contribution is -0.137. The van der Waals surface area contributed by atoms with Crippen LogP contribution in [0, 0.1) is 5.41 Å². The van der Waals surface area contributed by atoms with E-state index in [2.05, 4.69) is 9.71 Å². The van der Waals surface area contributed by atoms with E-state index in [0.717, 1.165) is 0 Å². The molecule has 108 valence electrons. The molecule has 19 heavy (non-hydrogen) atoms. The van der Waals surface area contributed by atoms with Gasteiger partial charge in [0.1, 0.15) is 0 Å². The van der Waals surface area contributed by atoms with Crippen LogP contribution in [0.25, 0.3) is 0 Å². The van der Waals surface area contributed by atoms with Gasteiger partial charge in [0.05, 0.1) is 4.90 Å². The number of aromatic amines is 1. The lowest BCUT2D eigenvalue weighted by Gasteiger charge is -2.23. The molecule has 0 unspecified atom stereocenters. The Labute approximate surface area is 113 Å². The van der Waals surface area contributed by atoms with Crippen molar-refractivity contribution in [2.24, 2.45) is 5.41 Å². The molecular formula is C12H20N2O4S. The average Bonchev–Trinajstić information content (AvgIpc) is 2.80. The first-order valence-electron chi connectivity index (χ1n) is 6.07. The smallest absolute Gasteiger partial charge is 0.303 e. The Morgan fingerprint density at radius 1 is 1.42 bits per heavy atom. The number of sulfonamides is 1. The van der Waals surface area contributed by atoms with E-state index in [-0.39, 0.29) is 16.7 Å². The van der Waals surface area contributed by atoms with E-state index >= 15 is 0 Å². The van der Waals surface area contributed by atoms with Crippen molar-refractivity contribution in [3.8, 4) is 0 Å². The monoisotopic (exact) mass is 288 g/mol. The zero-order chi connectivity index (χ0) is 14.5. The van der Waals surface area contributed by atoms with E-state index in [1.807, 2.05) is 13.8 Å². The van der Waals surface area contributed by atoms with Crippen LogP contribution in [-0.4, -0.2) is 31.0 Å². The fourth-order valence-electron chi connectivity index (χ4n) is 1.65. The van der Waals surface area contributed by atoms with E-state index in [1.165, 1.54) is 12.3 Å². The third-order valence-electron chi connectivity index (χ3n) is 2.99. The molecule has 0 amide bonds. The Kier molecular flexibility index (Phi) is 5.13. The van der Waals surface area contributed by atoms with Gasteiger partial charge in [0.15, 0.2) is 0 Å². The van der Waals surface area contributed by atoms with Gasteiger partial charge in [0.25, 0.3) is 0 Å². The summed E-state index contributed by atoms with van der Waals surface area (Å²) in [7, 11) is -3.47. The van der Waals surface area contributed by atoms with E-state index in [1.54, 1.807) is 6.20 Å². The zero-order valence-electron chi connectivity index (χ0n) is 11.1. The van der Waals surface area contributed by atoms with Gasteiger partial charge >= 0.3 is 5.97 Å². The summed E-state index contributed by atoms with van der Waals surface area (Å²) in [5.74, 6) is -0.832. The number of rotatable bonds is 8. The lowest BCUT2D eigenvalue weighted by Crippen LogP contribution is -2.28. The van der Waals surface area contributed by atoms with Gasteiger partial charge in [-0.3, -0.25) is 4.79 Å². The van der Waals surface area contributed by atoms with Crippen LogP contribution in [-0.2, 0) is 14.8 Å². The summed E-state index contributed by atoms with van der Waals surface area (Å²) in [5, 5.41) is 8.64. The number of aliphatic carboxylic acids is 1. The SMILES string of the molecule is CC(C)(CCNS(=O)(=O)c1cc[nH]c1)CCC(=O)O. The summed E-state index contributed by atoms with van der Waals surface area (Å²) in [6, 6.07) is 1.48. The van der Waals surface area contributed by atoms with Crippen LogP contribution in [0.4, 0.5) is 0 Å². The minimum Gasteiger partial charge on any atom is -0.481 e. The van der Waals surface area contributed by atoms with Crippen LogP contribution in [0.3, 0.4) is 0 Å². The molecule has 1 heterocycles. The molecule has 0 bridgehead atoms. The molecule has 0 aromatic carbocycles. The highest BCUT2D eigenvalue weighted by Crippen LogP contribution is 2.26. The summed E-state index contributed by atoms with van der Waals surface area (Å²) in [4.78, 5) is 13.4. The average molecular weight is 288 g/mol. The highest BCUT2D eigenvalue weighted by atomic mass is 32.2. The Bertz CT molecular complexity index is 506. The van der Waals surface area contributed by atoms with Crippen molar-refractivity contribution in [2.45, 2.75) is 38.0 Å². The Hall–Kier alpha value is -1.34. The molecule has 6 nitrogen and oxygen atoms in total. The zero-order valence-corrected chi connectivity index (χ0v) is 12.0. The van der Waals surface area contributed by atoms with E-state index in [0.29, 0.717) is 19.4 Å². The molecule has 0 saturated carbocycles. The predicted molar refractivity (Wildman–Crippen MR) is 71.2 cm³/mol. The number of nitrogens with one attached hydrogen (secondary N) is 2. The Morgan fingerprint density at radius 2 is 2.11 bits per heavy atom. The molecule has 0 saturated heterocycles. The second-order valence-corrected chi connectivity index (χ2v) is 7.02. The van der Waals surface area contributed by atoms with Crippen LogP contribution in [0.5, 0.6) is 0 Å². The fraction of sp³-hybridized carbons (Fsp3) is 0.583. The molecule has 0 aliphatic heterocycles. The van der Waals surface area contributed by atoms with Gasteiger partial charge in [0, 0.05) is 25.4 Å². The van der Waals surface area contributed by atoms with Gasteiger partial charge in [-0.1, -0.05) is 13.8 Å². The van der Waals surface area contributed by atoms with Gasteiger partial charge in [-0.25, -0.2) is 13.1 Å². The molecule has 3 N–H and O–H groups in total. The van der Waals surface area contributed by atoms with Crippen LogP contribution in [0.15, 0.2) is 23.4 Å². The molecule has 1 aromatic rings. The van der Waals surface area contributed by atoms with Crippen molar-refractivity contribution in [2.75, 3.05) is 6.54 Å². The third-order valence-corrected chi connectivity index (χ3v) is 4.45. The van der Waals surface area contributed by atoms with Crippen molar-refractivity contribution >= 4 is 16.0 Å². The van der Waals surface area contributed by atoms with E-state index in [9.17, 15) is 13.2 Å². The maximum atomic E-state index is 11.8. The summed E-state index contributed by atoms with van der Waals surface area (Å²) in [6.45, 7) is 4.15. The fourth-order valence-corrected chi connectivity index (χ4v) is 2.66. The van der Waals surface area contributed by atoms with Gasteiger partial charge in [-0.15, -0.1) is 0 Å².